The molecule has 0 bridgehead atoms. The van der Waals surface area contributed by atoms with Crippen LogP contribution in [0.15, 0.2) is 71.3 Å². The minimum absolute atomic E-state index is 0.0515. The van der Waals surface area contributed by atoms with Crippen LogP contribution in [0.2, 0.25) is 5.02 Å². The Bertz CT molecular complexity index is 848. The summed E-state index contributed by atoms with van der Waals surface area (Å²) in [7, 11) is 0. The summed E-state index contributed by atoms with van der Waals surface area (Å²) >= 11 is 6.19. The summed E-state index contributed by atoms with van der Waals surface area (Å²) in [6, 6.07) is 18.6. The number of amides is 1. The van der Waals surface area contributed by atoms with Gasteiger partial charge in [-0.3, -0.25) is 4.79 Å². The van der Waals surface area contributed by atoms with Crippen LogP contribution in [0, 0.1) is 0 Å². The van der Waals surface area contributed by atoms with Gasteiger partial charge in [0.25, 0.3) is 5.91 Å². The number of carbonyl (C=O) groups is 1. The van der Waals surface area contributed by atoms with E-state index in [9.17, 15) is 4.79 Å². The Hall–Kier alpha value is -2.72. The minimum Gasteiger partial charge on any atom is -0.467 e. The highest BCUT2D eigenvalue weighted by molar-refractivity contribution is 6.30. The lowest BCUT2D eigenvalue weighted by molar-refractivity contribution is 0.0718. The number of hydrogen-bond donors (Lipinski definition) is 1. The van der Waals surface area contributed by atoms with E-state index in [0.717, 1.165) is 23.6 Å². The minimum atomic E-state index is -0.0515. The van der Waals surface area contributed by atoms with Gasteiger partial charge < -0.3 is 14.6 Å². The summed E-state index contributed by atoms with van der Waals surface area (Å²) in [5, 5.41) is 3.97. The quantitative estimate of drug-likeness (QED) is 0.622. The van der Waals surface area contributed by atoms with Gasteiger partial charge in [-0.15, -0.1) is 0 Å². The lowest BCUT2D eigenvalue weighted by Crippen LogP contribution is -2.30. The molecular formula is C21H21ClN2O2. The van der Waals surface area contributed by atoms with E-state index in [2.05, 4.69) is 5.32 Å². The molecule has 1 heterocycles. The van der Waals surface area contributed by atoms with Crippen LogP contribution in [-0.2, 0) is 13.1 Å². The van der Waals surface area contributed by atoms with Gasteiger partial charge in [0.15, 0.2) is 0 Å². The maximum atomic E-state index is 13.1. The molecule has 0 atom stereocenters. The van der Waals surface area contributed by atoms with Crippen molar-refractivity contribution in [2.75, 3.05) is 11.9 Å². The van der Waals surface area contributed by atoms with Gasteiger partial charge in [0.1, 0.15) is 5.76 Å². The summed E-state index contributed by atoms with van der Waals surface area (Å²) in [5.74, 6) is 0.686. The van der Waals surface area contributed by atoms with Crippen molar-refractivity contribution in [2.24, 2.45) is 0 Å². The lowest BCUT2D eigenvalue weighted by Gasteiger charge is -2.24. The maximum Gasteiger partial charge on any atom is 0.254 e. The Labute approximate surface area is 158 Å². The van der Waals surface area contributed by atoms with Crippen molar-refractivity contribution in [3.8, 4) is 0 Å². The molecule has 0 aliphatic rings. The zero-order valence-electron chi connectivity index (χ0n) is 14.6. The van der Waals surface area contributed by atoms with Crippen molar-refractivity contribution in [1.29, 1.82) is 0 Å². The van der Waals surface area contributed by atoms with Crippen molar-refractivity contribution in [1.82, 2.24) is 4.90 Å². The summed E-state index contributed by atoms with van der Waals surface area (Å²) in [5.41, 5.74) is 2.59. The fourth-order valence-electron chi connectivity index (χ4n) is 2.82. The van der Waals surface area contributed by atoms with Gasteiger partial charge in [0.2, 0.25) is 0 Å². The van der Waals surface area contributed by atoms with Gasteiger partial charge in [0.05, 0.1) is 12.8 Å². The molecule has 134 valence electrons. The molecule has 0 aliphatic carbocycles. The van der Waals surface area contributed by atoms with Gasteiger partial charge in [-0.05, 0) is 55.0 Å². The second kappa shape index (κ2) is 8.59. The van der Waals surface area contributed by atoms with Crippen LogP contribution >= 0.6 is 11.6 Å². The monoisotopic (exact) mass is 368 g/mol. The molecule has 4 nitrogen and oxygen atoms in total. The molecule has 0 radical (unpaired) electrons. The van der Waals surface area contributed by atoms with E-state index < -0.39 is 0 Å². The van der Waals surface area contributed by atoms with Crippen molar-refractivity contribution < 1.29 is 9.21 Å². The first kappa shape index (κ1) is 18.1. The summed E-state index contributed by atoms with van der Waals surface area (Å²) < 4.78 is 5.45. The average molecular weight is 369 g/mol. The van der Waals surface area contributed by atoms with Crippen molar-refractivity contribution >= 4 is 23.2 Å². The number of halogens is 1. The Kier molecular flexibility index (Phi) is 5.97. The molecule has 0 spiro atoms. The van der Waals surface area contributed by atoms with E-state index in [4.69, 9.17) is 16.0 Å². The first-order valence-electron chi connectivity index (χ1n) is 8.56. The second-order valence-corrected chi connectivity index (χ2v) is 6.37. The molecule has 3 aromatic rings. The zero-order chi connectivity index (χ0) is 18.4. The summed E-state index contributed by atoms with van der Waals surface area (Å²) in [6.07, 6.45) is 1.62. The molecule has 2 aromatic carbocycles. The van der Waals surface area contributed by atoms with Crippen LogP contribution in [0.4, 0.5) is 5.69 Å². The zero-order valence-corrected chi connectivity index (χ0v) is 15.4. The van der Waals surface area contributed by atoms with E-state index >= 15 is 0 Å². The highest BCUT2D eigenvalue weighted by Crippen LogP contribution is 2.24. The third kappa shape index (κ3) is 4.46. The molecule has 0 aliphatic heterocycles. The van der Waals surface area contributed by atoms with E-state index in [-0.39, 0.29) is 5.91 Å². The Morgan fingerprint density at radius 3 is 2.58 bits per heavy atom. The van der Waals surface area contributed by atoms with Gasteiger partial charge in [-0.1, -0.05) is 29.8 Å². The number of nitrogens with zero attached hydrogens (tertiary/aromatic N) is 1. The average Bonchev–Trinajstić information content (AvgIpc) is 3.17. The topological polar surface area (TPSA) is 45.5 Å². The highest BCUT2D eigenvalue weighted by Gasteiger charge is 2.19. The molecule has 0 unspecified atom stereocenters. The fourth-order valence-corrected chi connectivity index (χ4v) is 3.01. The largest absolute Gasteiger partial charge is 0.467 e. The van der Waals surface area contributed by atoms with Crippen LogP contribution in [0.5, 0.6) is 0 Å². The van der Waals surface area contributed by atoms with Crippen LogP contribution in [0.1, 0.15) is 28.6 Å². The smallest absolute Gasteiger partial charge is 0.254 e. The van der Waals surface area contributed by atoms with Crippen LogP contribution in [-0.4, -0.2) is 17.4 Å². The molecule has 1 N–H and O–H groups in total. The molecule has 0 saturated heterocycles. The van der Waals surface area contributed by atoms with Crippen LogP contribution < -0.4 is 5.32 Å². The Morgan fingerprint density at radius 2 is 1.88 bits per heavy atom. The number of carbonyl (C=O) groups excluding carboxylic acids is 1. The van der Waals surface area contributed by atoms with Gasteiger partial charge in [-0.25, -0.2) is 0 Å². The van der Waals surface area contributed by atoms with Gasteiger partial charge in [0, 0.05) is 29.4 Å². The first-order chi connectivity index (χ1) is 12.7. The maximum absolute atomic E-state index is 13.1. The van der Waals surface area contributed by atoms with E-state index in [1.807, 2.05) is 67.6 Å². The van der Waals surface area contributed by atoms with E-state index in [0.29, 0.717) is 23.7 Å². The number of rotatable bonds is 7. The van der Waals surface area contributed by atoms with Crippen molar-refractivity contribution in [3.05, 3.63) is 88.8 Å². The van der Waals surface area contributed by atoms with Crippen molar-refractivity contribution in [2.45, 2.75) is 20.0 Å². The molecule has 0 fully saturated rings. The number of benzene rings is 2. The SMILES string of the molecule is CCNc1ccc(Cl)cc1CN(Cc1ccco1)C(=O)c1ccccc1. The molecule has 26 heavy (non-hydrogen) atoms. The third-order valence-corrected chi connectivity index (χ3v) is 4.27. The van der Waals surface area contributed by atoms with E-state index in [1.165, 1.54) is 0 Å². The summed E-state index contributed by atoms with van der Waals surface area (Å²) in [4.78, 5) is 14.8. The number of nitrogens with one attached hydrogen (secondary N) is 1. The summed E-state index contributed by atoms with van der Waals surface area (Å²) in [6.45, 7) is 3.64. The third-order valence-electron chi connectivity index (χ3n) is 4.03. The predicted molar refractivity (Wildman–Crippen MR) is 104 cm³/mol. The number of hydrogen-bond acceptors (Lipinski definition) is 3. The molecule has 3 rings (SSSR count). The Balaban J connectivity index is 1.91. The van der Waals surface area contributed by atoms with Gasteiger partial charge >= 0.3 is 0 Å². The first-order valence-corrected chi connectivity index (χ1v) is 8.94. The van der Waals surface area contributed by atoms with E-state index in [1.54, 1.807) is 11.2 Å². The molecular weight excluding hydrogens is 348 g/mol. The van der Waals surface area contributed by atoms with Crippen LogP contribution in [0.25, 0.3) is 0 Å². The molecule has 1 amide bonds. The highest BCUT2D eigenvalue weighted by atomic mass is 35.5. The number of anilines is 1. The molecule has 5 heteroatoms. The van der Waals surface area contributed by atoms with Crippen molar-refractivity contribution in [3.63, 3.8) is 0 Å². The second-order valence-electron chi connectivity index (χ2n) is 5.94. The van der Waals surface area contributed by atoms with Gasteiger partial charge in [-0.2, -0.15) is 0 Å². The Morgan fingerprint density at radius 1 is 1.08 bits per heavy atom. The normalized spacial score (nSPS) is 10.5. The molecule has 1 aromatic heterocycles. The standard InChI is InChI=1S/C21H21ClN2O2/c1-2-23-20-11-10-18(22)13-17(20)14-24(15-19-9-6-12-26-19)21(25)16-7-4-3-5-8-16/h3-13,23H,2,14-15H2,1H3. The molecule has 0 saturated carbocycles. The fraction of sp³-hybridized carbons (Fsp3) is 0.190. The predicted octanol–water partition coefficient (Wildman–Crippen LogP) is 5.21. The van der Waals surface area contributed by atoms with Crippen LogP contribution in [0.3, 0.4) is 0 Å². The lowest BCUT2D eigenvalue weighted by atomic mass is 10.1. The number of furan rings is 1.